The molecule has 0 spiro atoms. The fraction of sp³-hybridized carbons (Fsp3) is 0.333. The summed E-state index contributed by atoms with van der Waals surface area (Å²) in [5, 5.41) is 0. The van der Waals surface area contributed by atoms with Crippen molar-refractivity contribution in [2.75, 3.05) is 6.61 Å². The number of hydrogen-bond donors (Lipinski definition) is 0. The van der Waals surface area contributed by atoms with Gasteiger partial charge in [-0.05, 0) is 54.0 Å². The van der Waals surface area contributed by atoms with Crippen LogP contribution in [0.15, 0.2) is 66.7 Å². The Morgan fingerprint density at radius 1 is 0.793 bits per heavy atom. The molecule has 0 aromatic heterocycles. The van der Waals surface area contributed by atoms with E-state index < -0.39 is 0 Å². The van der Waals surface area contributed by atoms with Crippen LogP contribution in [0, 0.1) is 18.7 Å². The van der Waals surface area contributed by atoms with Crippen molar-refractivity contribution in [3.05, 3.63) is 83.7 Å². The predicted molar refractivity (Wildman–Crippen MR) is 120 cm³/mol. The molecule has 1 heterocycles. The van der Waals surface area contributed by atoms with E-state index in [0.717, 1.165) is 29.7 Å². The monoisotopic (exact) mass is 390 g/mol. The van der Waals surface area contributed by atoms with Crippen molar-refractivity contribution in [2.24, 2.45) is 5.92 Å². The fourth-order valence-electron chi connectivity index (χ4n) is 3.70. The molecule has 1 aliphatic heterocycles. The first-order valence-corrected chi connectivity index (χ1v) is 10.7. The summed E-state index contributed by atoms with van der Waals surface area (Å²) in [5.74, 6) is 0.459. The molecule has 1 saturated heterocycles. The number of hydrogen-bond acceptors (Lipinski definition) is 1. The van der Waals surface area contributed by atoms with E-state index in [-0.39, 0.29) is 11.9 Å². The minimum absolute atomic E-state index is 0.190. The summed E-state index contributed by atoms with van der Waals surface area (Å²) in [6, 6.07) is 21.8. The molecule has 3 aromatic rings. The van der Waals surface area contributed by atoms with Crippen LogP contribution in [0.25, 0.3) is 22.3 Å². The first kappa shape index (κ1) is 21.3. The molecular formula is C27H31FO. The number of aryl methyl sites for hydroxylation is 1. The van der Waals surface area contributed by atoms with Crippen molar-refractivity contribution >= 4 is 0 Å². The highest BCUT2D eigenvalue weighted by atomic mass is 19.1. The number of halogens is 1. The smallest absolute Gasteiger partial charge is 0.131 e. The van der Waals surface area contributed by atoms with Gasteiger partial charge < -0.3 is 4.74 Å². The second kappa shape index (κ2) is 9.84. The molecular weight excluding hydrogens is 359 g/mol. The molecule has 0 bridgehead atoms. The first-order chi connectivity index (χ1) is 14.1. The second-order valence-corrected chi connectivity index (χ2v) is 7.69. The van der Waals surface area contributed by atoms with E-state index in [0.29, 0.717) is 11.5 Å². The molecule has 0 aliphatic carbocycles. The molecule has 29 heavy (non-hydrogen) atoms. The zero-order chi connectivity index (χ0) is 20.8. The third-order valence-corrected chi connectivity index (χ3v) is 5.45. The summed E-state index contributed by atoms with van der Waals surface area (Å²) >= 11 is 0. The van der Waals surface area contributed by atoms with Gasteiger partial charge in [0, 0.05) is 12.2 Å². The quantitative estimate of drug-likeness (QED) is 0.440. The van der Waals surface area contributed by atoms with Crippen LogP contribution in [-0.2, 0) is 4.74 Å². The number of benzene rings is 3. The fourth-order valence-corrected chi connectivity index (χ4v) is 3.70. The molecule has 0 amide bonds. The maximum Gasteiger partial charge on any atom is 0.131 e. The molecule has 1 fully saturated rings. The molecule has 2 unspecified atom stereocenters. The van der Waals surface area contributed by atoms with E-state index in [9.17, 15) is 4.39 Å². The molecule has 1 nitrogen and oxygen atoms in total. The van der Waals surface area contributed by atoms with Gasteiger partial charge >= 0.3 is 0 Å². The van der Waals surface area contributed by atoms with Crippen molar-refractivity contribution in [1.29, 1.82) is 0 Å². The van der Waals surface area contributed by atoms with Crippen LogP contribution < -0.4 is 0 Å². The van der Waals surface area contributed by atoms with Gasteiger partial charge in [-0.15, -0.1) is 0 Å². The van der Waals surface area contributed by atoms with Gasteiger partial charge in [-0.1, -0.05) is 87.0 Å². The van der Waals surface area contributed by atoms with Crippen molar-refractivity contribution in [2.45, 2.75) is 46.6 Å². The zero-order valence-electron chi connectivity index (χ0n) is 17.9. The molecule has 2 atom stereocenters. The highest BCUT2D eigenvalue weighted by Gasteiger charge is 2.20. The third kappa shape index (κ3) is 5.13. The Hall–Kier alpha value is -2.45. The molecule has 3 aromatic carbocycles. The Labute approximate surface area is 174 Å². The molecule has 0 N–H and O–H groups in total. The van der Waals surface area contributed by atoms with E-state index in [1.165, 1.54) is 17.5 Å². The van der Waals surface area contributed by atoms with Gasteiger partial charge in [0.2, 0.25) is 0 Å². The molecule has 0 radical (unpaired) electrons. The Morgan fingerprint density at radius 2 is 1.41 bits per heavy atom. The SMILES string of the molecule is CC.Cc1ccc(-c2ccc(-c3ccc(C4CCC(C)CO4)cc3)cc2F)cc1. The molecule has 2 heteroatoms. The van der Waals surface area contributed by atoms with Crippen LogP contribution in [-0.4, -0.2) is 6.61 Å². The molecule has 1 aliphatic rings. The van der Waals surface area contributed by atoms with Gasteiger partial charge in [-0.3, -0.25) is 0 Å². The average Bonchev–Trinajstić information content (AvgIpc) is 2.77. The van der Waals surface area contributed by atoms with E-state index in [1.807, 2.05) is 57.2 Å². The standard InChI is InChI=1S/C25H25FO.C2H6/c1-17-3-6-20(7-4-17)23-13-12-22(15-24(23)26)19-8-10-21(11-9-19)25-14-5-18(2)16-27-25;1-2/h3-4,6-13,15,18,25H,5,14,16H2,1-2H3;1-2H3. The Kier molecular flexibility index (Phi) is 7.22. The van der Waals surface area contributed by atoms with Crippen molar-refractivity contribution in [3.63, 3.8) is 0 Å². The Morgan fingerprint density at radius 3 is 2.00 bits per heavy atom. The van der Waals surface area contributed by atoms with Crippen LogP contribution in [0.1, 0.15) is 50.8 Å². The molecule has 0 saturated carbocycles. The summed E-state index contributed by atoms with van der Waals surface area (Å²) in [6.45, 7) is 9.10. The van der Waals surface area contributed by atoms with Crippen molar-refractivity contribution in [1.82, 2.24) is 0 Å². The van der Waals surface area contributed by atoms with Gasteiger partial charge in [0.1, 0.15) is 5.82 Å². The highest BCUT2D eigenvalue weighted by Crippen LogP contribution is 2.33. The summed E-state index contributed by atoms with van der Waals surface area (Å²) < 4.78 is 20.7. The minimum Gasteiger partial charge on any atom is -0.373 e. The predicted octanol–water partition coefficient (Wildman–Crippen LogP) is 7.98. The maximum atomic E-state index is 14.7. The van der Waals surface area contributed by atoms with E-state index in [4.69, 9.17) is 4.74 Å². The lowest BCUT2D eigenvalue weighted by Gasteiger charge is -2.27. The van der Waals surface area contributed by atoms with Crippen LogP contribution in [0.5, 0.6) is 0 Å². The Bertz CT molecular complexity index is 904. The van der Waals surface area contributed by atoms with Crippen molar-refractivity contribution in [3.8, 4) is 22.3 Å². The third-order valence-electron chi connectivity index (χ3n) is 5.45. The van der Waals surface area contributed by atoms with Crippen LogP contribution in [0.2, 0.25) is 0 Å². The average molecular weight is 391 g/mol. The lowest BCUT2D eigenvalue weighted by atomic mass is 9.94. The van der Waals surface area contributed by atoms with Crippen LogP contribution in [0.4, 0.5) is 4.39 Å². The summed E-state index contributed by atoms with van der Waals surface area (Å²) in [7, 11) is 0. The van der Waals surface area contributed by atoms with E-state index in [2.05, 4.69) is 31.2 Å². The lowest BCUT2D eigenvalue weighted by molar-refractivity contribution is -0.0123. The van der Waals surface area contributed by atoms with Crippen LogP contribution in [0.3, 0.4) is 0 Å². The maximum absolute atomic E-state index is 14.7. The molecule has 4 rings (SSSR count). The zero-order valence-corrected chi connectivity index (χ0v) is 17.9. The van der Waals surface area contributed by atoms with Gasteiger partial charge in [-0.25, -0.2) is 4.39 Å². The Balaban J connectivity index is 0.00000117. The summed E-state index contributed by atoms with van der Waals surface area (Å²) in [6.07, 6.45) is 2.47. The van der Waals surface area contributed by atoms with Gasteiger partial charge in [0.25, 0.3) is 0 Å². The topological polar surface area (TPSA) is 9.23 Å². The van der Waals surface area contributed by atoms with Gasteiger partial charge in [0.15, 0.2) is 0 Å². The minimum atomic E-state index is -0.190. The molecule has 152 valence electrons. The largest absolute Gasteiger partial charge is 0.373 e. The first-order valence-electron chi connectivity index (χ1n) is 10.7. The normalized spacial score (nSPS) is 18.7. The second-order valence-electron chi connectivity index (χ2n) is 7.69. The van der Waals surface area contributed by atoms with E-state index in [1.54, 1.807) is 6.07 Å². The number of ether oxygens (including phenoxy) is 1. The highest BCUT2D eigenvalue weighted by molar-refractivity contribution is 5.71. The summed E-state index contributed by atoms with van der Waals surface area (Å²) in [5.41, 5.74) is 5.85. The van der Waals surface area contributed by atoms with Crippen molar-refractivity contribution < 1.29 is 9.13 Å². The van der Waals surface area contributed by atoms with Gasteiger partial charge in [-0.2, -0.15) is 0 Å². The van der Waals surface area contributed by atoms with E-state index >= 15 is 0 Å². The van der Waals surface area contributed by atoms with Crippen LogP contribution >= 0.6 is 0 Å². The summed E-state index contributed by atoms with van der Waals surface area (Å²) in [4.78, 5) is 0. The van der Waals surface area contributed by atoms with Gasteiger partial charge in [0.05, 0.1) is 6.10 Å². The lowest BCUT2D eigenvalue weighted by Crippen LogP contribution is -2.18. The number of rotatable bonds is 3.